The van der Waals surface area contributed by atoms with Gasteiger partial charge < -0.3 is 0 Å². The second-order valence-corrected chi connectivity index (χ2v) is 11.0. The minimum atomic E-state index is -1.95. The predicted octanol–water partition coefficient (Wildman–Crippen LogP) is 7.17. The fraction of sp³-hybridized carbons (Fsp3) is 0.0556. The van der Waals surface area contributed by atoms with Crippen molar-refractivity contribution in [3.05, 3.63) is 139 Å². The van der Waals surface area contributed by atoms with Crippen LogP contribution < -0.4 is 10.4 Å². The van der Waals surface area contributed by atoms with Crippen LogP contribution in [0.4, 0.5) is 35.1 Å². The molecule has 0 atom stereocenters. The second kappa shape index (κ2) is 11.4. The molecule has 0 amide bonds. The van der Waals surface area contributed by atoms with Gasteiger partial charge in [-0.05, 0) is 68.5 Å². The summed E-state index contributed by atoms with van der Waals surface area (Å²) in [5.41, 5.74) is -3.97. The number of aromatic nitrogens is 2. The molecule has 14 heteroatoms. The molecule has 2 aromatic heterocycles. The Bertz CT molecular complexity index is 2470. The van der Waals surface area contributed by atoms with E-state index in [-0.39, 0.29) is 67.8 Å². The van der Waals surface area contributed by atoms with Crippen molar-refractivity contribution in [2.75, 3.05) is 0 Å². The molecular weight excluding hydrogens is 668 g/mol. The molecule has 0 N–H and O–H groups in total. The van der Waals surface area contributed by atoms with Crippen LogP contribution in [0.15, 0.2) is 36.4 Å². The number of nitriles is 2. The molecule has 50 heavy (non-hydrogen) atoms. The number of rotatable bonds is 2. The van der Waals surface area contributed by atoms with E-state index in [1.807, 2.05) is 0 Å². The van der Waals surface area contributed by atoms with Gasteiger partial charge in [0.1, 0.15) is 0 Å². The van der Waals surface area contributed by atoms with Crippen LogP contribution >= 0.6 is 0 Å². The minimum absolute atomic E-state index is 0.0525. The van der Waals surface area contributed by atoms with Crippen LogP contribution in [0.3, 0.4) is 0 Å². The minimum Gasteiger partial charge on any atom is -0.226 e. The Morgan fingerprint density at radius 2 is 0.880 bits per heavy atom. The lowest BCUT2D eigenvalue weighted by molar-refractivity contribution is 0.410. The van der Waals surface area contributed by atoms with Crippen LogP contribution in [0.2, 0.25) is 0 Å². The Kier molecular flexibility index (Phi) is 7.20. The highest BCUT2D eigenvalue weighted by molar-refractivity contribution is 6.00. The molecule has 0 aliphatic heterocycles. The van der Waals surface area contributed by atoms with Crippen molar-refractivity contribution in [3.8, 4) is 56.6 Å². The molecule has 240 valence electrons. The van der Waals surface area contributed by atoms with Crippen LogP contribution in [0.5, 0.6) is 0 Å². The van der Waals surface area contributed by atoms with Gasteiger partial charge in [-0.15, -0.1) is 0 Å². The molecule has 3 aromatic carbocycles. The van der Waals surface area contributed by atoms with Gasteiger partial charge in [-0.3, -0.25) is 0 Å². The van der Waals surface area contributed by atoms with Crippen molar-refractivity contribution in [3.63, 3.8) is 0 Å². The van der Waals surface area contributed by atoms with Gasteiger partial charge in [0.05, 0.1) is 36.4 Å². The van der Waals surface area contributed by atoms with E-state index in [4.69, 9.17) is 13.1 Å². The van der Waals surface area contributed by atoms with E-state index >= 15 is 17.6 Å². The Labute approximate surface area is 275 Å². The molecule has 0 unspecified atom stereocenters. The first-order valence-electron chi connectivity index (χ1n) is 14.2. The summed E-state index contributed by atoms with van der Waals surface area (Å²) >= 11 is 0. The summed E-state index contributed by atoms with van der Waals surface area (Å²) in [6.07, 6.45) is -0.465. The van der Waals surface area contributed by atoms with Crippen molar-refractivity contribution in [2.24, 2.45) is 0 Å². The molecule has 0 bridgehead atoms. The van der Waals surface area contributed by atoms with Crippen LogP contribution in [0.1, 0.15) is 22.3 Å². The first-order chi connectivity index (χ1) is 24.0. The van der Waals surface area contributed by atoms with Gasteiger partial charge in [0.25, 0.3) is 35.2 Å². The average Bonchev–Trinajstić information content (AvgIpc) is 3.68. The van der Waals surface area contributed by atoms with Gasteiger partial charge >= 0.3 is 0 Å². The van der Waals surface area contributed by atoms with Gasteiger partial charge in [-0.1, -0.05) is 36.4 Å². The third kappa shape index (κ3) is 4.22. The van der Waals surface area contributed by atoms with E-state index < -0.39 is 80.7 Å². The van der Waals surface area contributed by atoms with E-state index in [0.29, 0.717) is 0 Å². The SMILES string of the molecule is [C-]#[N+]/C(C#N)=c1/c2c(/c(=C(\C#N)[N+]#[C-])c3c1-c1c(cccc1-c1c(F)c(F)nc(F)c1F)C3)-c1c(cccc1-c1c(F)c(F)nc(F)c1F)C2. The third-order valence-corrected chi connectivity index (χ3v) is 8.69. The molecule has 0 radical (unpaired) electrons. The fourth-order valence-electron chi connectivity index (χ4n) is 6.88. The Balaban J connectivity index is 1.74. The molecule has 2 aliphatic carbocycles. The van der Waals surface area contributed by atoms with Gasteiger partial charge in [0, 0.05) is 10.4 Å². The first kappa shape index (κ1) is 31.7. The zero-order valence-corrected chi connectivity index (χ0v) is 24.6. The molecule has 0 spiro atoms. The second-order valence-electron chi connectivity index (χ2n) is 11.0. The monoisotopic (exact) mass is 678 g/mol. The molecule has 6 nitrogen and oxygen atoms in total. The molecule has 0 fully saturated rings. The van der Waals surface area contributed by atoms with Crippen LogP contribution in [0, 0.1) is 82.9 Å². The lowest BCUT2D eigenvalue weighted by Crippen LogP contribution is -2.26. The quantitative estimate of drug-likeness (QED) is 0.110. The van der Waals surface area contributed by atoms with Gasteiger partial charge in [0.15, 0.2) is 23.3 Å². The summed E-state index contributed by atoms with van der Waals surface area (Å²) < 4.78 is 119. The van der Waals surface area contributed by atoms with E-state index in [2.05, 4.69) is 19.7 Å². The molecule has 2 heterocycles. The van der Waals surface area contributed by atoms with Gasteiger partial charge in [-0.2, -0.15) is 27.5 Å². The van der Waals surface area contributed by atoms with Gasteiger partial charge in [-0.25, -0.2) is 37.8 Å². The van der Waals surface area contributed by atoms with Crippen LogP contribution in [-0.2, 0) is 12.8 Å². The average molecular weight is 679 g/mol. The number of pyridine rings is 2. The number of nitrogens with zero attached hydrogens (tertiary/aromatic N) is 6. The Morgan fingerprint density at radius 3 is 1.18 bits per heavy atom. The van der Waals surface area contributed by atoms with Crippen molar-refractivity contribution in [2.45, 2.75) is 12.8 Å². The van der Waals surface area contributed by atoms with E-state index in [1.165, 1.54) is 24.3 Å². The molecule has 7 rings (SSSR count). The summed E-state index contributed by atoms with van der Waals surface area (Å²) in [5.74, 6) is -15.2. The summed E-state index contributed by atoms with van der Waals surface area (Å²) in [5, 5.41) is 20.0. The number of hydrogen-bond acceptors (Lipinski definition) is 4. The first-order valence-corrected chi connectivity index (χ1v) is 14.2. The van der Waals surface area contributed by atoms with E-state index in [1.54, 1.807) is 12.1 Å². The Morgan fingerprint density at radius 1 is 0.540 bits per heavy atom. The smallest absolute Gasteiger partial charge is 0.226 e. The molecule has 0 saturated heterocycles. The van der Waals surface area contributed by atoms with Crippen LogP contribution in [0.25, 0.3) is 65.6 Å². The van der Waals surface area contributed by atoms with Crippen molar-refractivity contribution in [1.29, 1.82) is 10.5 Å². The van der Waals surface area contributed by atoms with Crippen molar-refractivity contribution >= 4 is 11.4 Å². The summed E-state index contributed by atoms with van der Waals surface area (Å²) in [6.45, 7) is 15.7. The van der Waals surface area contributed by atoms with Crippen molar-refractivity contribution < 1.29 is 35.1 Å². The van der Waals surface area contributed by atoms with Gasteiger partial charge in [0.2, 0.25) is 0 Å². The maximum absolute atomic E-state index is 15.3. The maximum Gasteiger partial charge on any atom is 0.269 e. The highest BCUT2D eigenvalue weighted by atomic mass is 19.2. The lowest BCUT2D eigenvalue weighted by atomic mass is 9.86. The lowest BCUT2D eigenvalue weighted by Gasteiger charge is -2.17. The Hall–Kier alpha value is -6.90. The number of fused-ring (bicyclic) bond motifs is 6. The molecule has 2 aliphatic rings. The molecule has 5 aromatic rings. The zero-order valence-electron chi connectivity index (χ0n) is 24.6. The van der Waals surface area contributed by atoms with E-state index in [9.17, 15) is 28.1 Å². The van der Waals surface area contributed by atoms with Crippen molar-refractivity contribution in [1.82, 2.24) is 9.97 Å². The summed E-state index contributed by atoms with van der Waals surface area (Å²) in [6, 6.07) is 11.4. The number of benzene rings is 3. The van der Waals surface area contributed by atoms with E-state index in [0.717, 1.165) is 12.1 Å². The zero-order chi connectivity index (χ0) is 35.8. The fourth-order valence-corrected chi connectivity index (χ4v) is 6.88. The maximum atomic E-state index is 15.3. The third-order valence-electron chi connectivity index (χ3n) is 8.69. The summed E-state index contributed by atoms with van der Waals surface area (Å²) in [4.78, 5) is 11.9. The molecule has 0 saturated carbocycles. The highest BCUT2D eigenvalue weighted by Crippen LogP contribution is 2.48. The topological polar surface area (TPSA) is 82.1 Å². The highest BCUT2D eigenvalue weighted by Gasteiger charge is 2.37. The molecular formula is C36H10F8N6. The standard InChI is InChI=1S/C36H10F8N6/c1-47-19(11-45)23-17-9-13-5-3-8-16(28-31(39)35(43)50-36(44)32(28)40)22(13)26(17)24(20(12-46)48-2)18-10-14-6-4-7-15(21(14)25(18)23)27-29(37)33(41)49-34(42)30(27)38/h3-8H,9-10H2/b23-19-,24-20+. The largest absolute Gasteiger partial charge is 0.269 e. The number of halogens is 8. The van der Waals surface area contributed by atoms with Crippen LogP contribution in [-0.4, -0.2) is 9.97 Å². The summed E-state index contributed by atoms with van der Waals surface area (Å²) in [7, 11) is 0. The number of hydrogen-bond donors (Lipinski definition) is 0. The normalized spacial score (nSPS) is 13.2. The predicted molar refractivity (Wildman–Crippen MR) is 160 cm³/mol.